The highest BCUT2D eigenvalue weighted by atomic mass is 19.3. The monoisotopic (exact) mass is 450 g/mol. The van der Waals surface area contributed by atoms with E-state index in [-0.39, 0.29) is 17.1 Å². The number of carbonyl (C=O) groups excluding carboxylic acids is 1. The highest BCUT2D eigenvalue weighted by Gasteiger charge is 2.47. The molecular formula is C20H18F4N6O2. The molecule has 12 heteroatoms. The molecule has 2 heterocycles. The molecule has 1 saturated carbocycles. The van der Waals surface area contributed by atoms with Crippen molar-refractivity contribution in [2.45, 2.75) is 37.5 Å². The minimum absolute atomic E-state index is 0.156. The summed E-state index contributed by atoms with van der Waals surface area (Å²) < 4.78 is 57.1. The Kier molecular flexibility index (Phi) is 5.93. The van der Waals surface area contributed by atoms with Crippen LogP contribution in [0.1, 0.15) is 23.2 Å². The number of para-hydroxylation sites is 1. The number of hydrogen-bond donors (Lipinski definition) is 2. The Bertz CT molecular complexity index is 1060. The van der Waals surface area contributed by atoms with Crippen molar-refractivity contribution >= 4 is 11.7 Å². The molecule has 2 atom stereocenters. The van der Waals surface area contributed by atoms with Gasteiger partial charge in [-0.2, -0.15) is 23.8 Å². The molecule has 0 bridgehead atoms. The number of nitrogens with one attached hydrogen (secondary N) is 2. The number of amides is 1. The van der Waals surface area contributed by atoms with Crippen LogP contribution in [0.4, 0.5) is 23.4 Å². The van der Waals surface area contributed by atoms with Gasteiger partial charge >= 0.3 is 6.61 Å². The molecule has 3 aromatic rings. The first-order valence-electron chi connectivity index (χ1n) is 9.62. The van der Waals surface area contributed by atoms with Crippen molar-refractivity contribution in [3.8, 4) is 11.4 Å². The zero-order valence-electron chi connectivity index (χ0n) is 16.5. The van der Waals surface area contributed by atoms with Gasteiger partial charge in [-0.25, -0.2) is 13.8 Å². The highest BCUT2D eigenvalue weighted by molar-refractivity contribution is 5.98. The second-order valence-electron chi connectivity index (χ2n) is 7.19. The van der Waals surface area contributed by atoms with Gasteiger partial charge in [0.05, 0.1) is 41.9 Å². The van der Waals surface area contributed by atoms with Crippen LogP contribution in [0, 0.1) is 0 Å². The van der Waals surface area contributed by atoms with Crippen molar-refractivity contribution < 1.29 is 27.1 Å². The molecule has 0 spiro atoms. The number of hydrogen-bond acceptors (Lipinski definition) is 6. The van der Waals surface area contributed by atoms with Crippen LogP contribution >= 0.6 is 0 Å². The second kappa shape index (κ2) is 8.81. The van der Waals surface area contributed by atoms with Crippen molar-refractivity contribution in [2.24, 2.45) is 0 Å². The number of nitrogens with zero attached hydrogens (tertiary/aromatic N) is 4. The van der Waals surface area contributed by atoms with E-state index in [1.807, 2.05) is 0 Å². The molecule has 1 aliphatic carbocycles. The average Bonchev–Trinajstić information content (AvgIpc) is 3.37. The minimum atomic E-state index is -3.00. The number of aromatic nitrogens is 4. The Morgan fingerprint density at radius 2 is 1.81 bits per heavy atom. The number of alkyl halides is 4. The predicted molar refractivity (Wildman–Crippen MR) is 105 cm³/mol. The molecule has 1 aromatic carbocycles. The van der Waals surface area contributed by atoms with Gasteiger partial charge < -0.3 is 15.4 Å². The highest BCUT2D eigenvalue weighted by Crippen LogP contribution is 2.37. The maximum Gasteiger partial charge on any atom is 0.387 e. The Balaban J connectivity index is 1.49. The third kappa shape index (κ3) is 4.95. The Morgan fingerprint density at radius 1 is 1.09 bits per heavy atom. The topological polar surface area (TPSA) is 94.0 Å². The zero-order valence-corrected chi connectivity index (χ0v) is 16.5. The average molecular weight is 450 g/mol. The Labute approximate surface area is 179 Å². The molecule has 1 aliphatic rings. The largest absolute Gasteiger partial charge is 0.433 e. The summed E-state index contributed by atoms with van der Waals surface area (Å²) in [6.07, 6.45) is 2.87. The molecule has 0 saturated heterocycles. The smallest absolute Gasteiger partial charge is 0.387 e. The molecule has 0 aliphatic heterocycles. The van der Waals surface area contributed by atoms with E-state index in [1.165, 1.54) is 29.3 Å². The third-order valence-electron chi connectivity index (χ3n) is 4.92. The van der Waals surface area contributed by atoms with Gasteiger partial charge in [0.25, 0.3) is 11.8 Å². The summed E-state index contributed by atoms with van der Waals surface area (Å²) in [6, 6.07) is 7.38. The number of carbonyl (C=O) groups is 1. The third-order valence-corrected chi connectivity index (χ3v) is 4.92. The van der Waals surface area contributed by atoms with Crippen molar-refractivity contribution in [1.82, 2.24) is 25.3 Å². The molecule has 32 heavy (non-hydrogen) atoms. The quantitative estimate of drug-likeness (QED) is 0.537. The molecular weight excluding hydrogens is 432 g/mol. The van der Waals surface area contributed by atoms with Gasteiger partial charge in [-0.05, 0) is 24.3 Å². The summed E-state index contributed by atoms with van der Waals surface area (Å²) in [5.41, 5.74) is 0.629. The van der Waals surface area contributed by atoms with Crippen LogP contribution < -0.4 is 15.4 Å². The molecule has 0 radical (unpaired) electrons. The lowest BCUT2D eigenvalue weighted by atomic mass is 10.1. The van der Waals surface area contributed by atoms with Crippen LogP contribution in [0.3, 0.4) is 0 Å². The van der Waals surface area contributed by atoms with Crippen molar-refractivity contribution in [3.05, 3.63) is 60.6 Å². The van der Waals surface area contributed by atoms with E-state index in [9.17, 15) is 22.4 Å². The predicted octanol–water partition coefficient (Wildman–Crippen LogP) is 3.27. The molecule has 4 rings (SSSR count). The SMILES string of the molecule is O=C(N[C@H]1CC(F)(F)C[C@H]1Nc1ccc(OC(F)F)cn1)c1ccccc1-n1nccn1. The number of pyridine rings is 1. The van der Waals surface area contributed by atoms with Crippen LogP contribution in [-0.2, 0) is 0 Å². The fraction of sp³-hybridized carbons (Fsp3) is 0.300. The van der Waals surface area contributed by atoms with Crippen molar-refractivity contribution in [3.63, 3.8) is 0 Å². The lowest BCUT2D eigenvalue weighted by Gasteiger charge is -2.22. The second-order valence-corrected chi connectivity index (χ2v) is 7.19. The molecule has 2 aromatic heterocycles. The fourth-order valence-electron chi connectivity index (χ4n) is 3.57. The van der Waals surface area contributed by atoms with E-state index in [1.54, 1.807) is 24.3 Å². The zero-order chi connectivity index (χ0) is 22.7. The molecule has 168 valence electrons. The number of ether oxygens (including phenoxy) is 1. The number of benzene rings is 1. The van der Waals surface area contributed by atoms with Crippen LogP contribution in [0.2, 0.25) is 0 Å². The van der Waals surface area contributed by atoms with Crippen LogP contribution in [0.5, 0.6) is 5.75 Å². The van der Waals surface area contributed by atoms with E-state index in [2.05, 4.69) is 30.6 Å². The first-order chi connectivity index (χ1) is 15.3. The van der Waals surface area contributed by atoms with Gasteiger partial charge in [0.1, 0.15) is 11.6 Å². The van der Waals surface area contributed by atoms with Crippen LogP contribution in [-0.4, -0.2) is 50.5 Å². The summed E-state index contributed by atoms with van der Waals surface area (Å²) >= 11 is 0. The maximum absolute atomic E-state index is 14.2. The van der Waals surface area contributed by atoms with E-state index in [0.717, 1.165) is 6.20 Å². The summed E-state index contributed by atoms with van der Waals surface area (Å²) in [5, 5.41) is 13.5. The standard InChI is InChI=1S/C20H18F4N6O2/c21-19(22)32-12-5-6-17(25-11-12)28-14-9-20(23,24)10-15(14)29-18(31)13-3-1-2-4-16(13)30-26-7-8-27-30/h1-8,11,14-15,19H,9-10H2,(H,25,28)(H,29,31)/t14-,15+/m1/s1. The first kappa shape index (κ1) is 21.5. The Hall–Kier alpha value is -3.70. The lowest BCUT2D eigenvalue weighted by Crippen LogP contribution is -2.43. The maximum atomic E-state index is 14.2. The van der Waals surface area contributed by atoms with Gasteiger partial charge in [0.15, 0.2) is 0 Å². The summed E-state index contributed by atoms with van der Waals surface area (Å²) in [4.78, 5) is 18.1. The number of anilines is 1. The molecule has 1 amide bonds. The fourth-order valence-corrected chi connectivity index (χ4v) is 3.57. The van der Waals surface area contributed by atoms with Crippen LogP contribution in [0.15, 0.2) is 55.0 Å². The molecule has 1 fully saturated rings. The summed E-state index contributed by atoms with van der Waals surface area (Å²) in [6.45, 7) is -3.00. The molecule has 2 N–H and O–H groups in total. The van der Waals surface area contributed by atoms with E-state index >= 15 is 0 Å². The van der Waals surface area contributed by atoms with Crippen LogP contribution in [0.25, 0.3) is 5.69 Å². The number of rotatable bonds is 7. The summed E-state index contributed by atoms with van der Waals surface area (Å²) in [7, 11) is 0. The summed E-state index contributed by atoms with van der Waals surface area (Å²) in [5.74, 6) is -3.52. The minimum Gasteiger partial charge on any atom is -0.433 e. The molecule has 0 unspecified atom stereocenters. The van der Waals surface area contributed by atoms with Gasteiger partial charge in [0, 0.05) is 12.8 Å². The van der Waals surface area contributed by atoms with Gasteiger partial charge in [-0.1, -0.05) is 12.1 Å². The van der Waals surface area contributed by atoms with Gasteiger partial charge in [0.2, 0.25) is 0 Å². The molecule has 8 nitrogen and oxygen atoms in total. The van der Waals surface area contributed by atoms with E-state index in [4.69, 9.17) is 0 Å². The lowest BCUT2D eigenvalue weighted by molar-refractivity contribution is -0.0500. The van der Waals surface area contributed by atoms with E-state index < -0.39 is 43.4 Å². The van der Waals surface area contributed by atoms with Gasteiger partial charge in [-0.15, -0.1) is 0 Å². The normalized spacial score (nSPS) is 19.7. The van der Waals surface area contributed by atoms with Gasteiger partial charge in [-0.3, -0.25) is 4.79 Å². The first-order valence-corrected chi connectivity index (χ1v) is 9.62. The van der Waals surface area contributed by atoms with Crippen molar-refractivity contribution in [1.29, 1.82) is 0 Å². The Morgan fingerprint density at radius 3 is 2.50 bits per heavy atom. The van der Waals surface area contributed by atoms with E-state index in [0.29, 0.717) is 5.69 Å². The van der Waals surface area contributed by atoms with Crippen molar-refractivity contribution in [2.75, 3.05) is 5.32 Å². The number of halogens is 4.